The summed E-state index contributed by atoms with van der Waals surface area (Å²) in [5.41, 5.74) is 2.50. The molecule has 0 aliphatic carbocycles. The third kappa shape index (κ3) is 6.62. The molecule has 1 atom stereocenters. The first-order chi connectivity index (χ1) is 17.0. The molecule has 194 valence electrons. The van der Waals surface area contributed by atoms with Crippen molar-refractivity contribution in [2.24, 2.45) is 5.92 Å². The van der Waals surface area contributed by atoms with Crippen molar-refractivity contribution in [3.63, 3.8) is 0 Å². The quantitative estimate of drug-likeness (QED) is 0.293. The average Bonchev–Trinajstić information content (AvgIpc) is 3.34. The number of nitrogens with one attached hydrogen (secondary N) is 3. The van der Waals surface area contributed by atoms with Crippen LogP contribution in [0, 0.1) is 5.92 Å². The van der Waals surface area contributed by atoms with Crippen molar-refractivity contribution < 1.29 is 31.6 Å². The molecule has 1 fully saturated rings. The number of amides is 1. The topological polar surface area (TPSA) is 101 Å². The van der Waals surface area contributed by atoms with E-state index in [1.54, 1.807) is 13.3 Å². The standard InChI is InChI=1S/C27H35N5O3.ClH/c1-4-20(33)11-6-5-7-13-23(30-26(34)19-16-32(2)17-19)25-28-15-24(29-25)21-14-18-10-8-9-12-22(18)31-27(21)35-3;/h8-10,12,14-15,19,23H,4-7,11,13,16-17H2,1-3H3,(H,28,29)(H,30,34);1H/t23-;/m0./s1. The summed E-state index contributed by atoms with van der Waals surface area (Å²) in [4.78, 5) is 38.5. The predicted molar refractivity (Wildman–Crippen MR) is 135 cm³/mol. The summed E-state index contributed by atoms with van der Waals surface area (Å²) in [5.74, 6) is 1.71. The van der Waals surface area contributed by atoms with Gasteiger partial charge in [-0.25, -0.2) is 9.97 Å². The molecule has 3 aromatic rings. The Morgan fingerprint density at radius 2 is 2.00 bits per heavy atom. The number of para-hydroxylation sites is 1. The molecule has 8 nitrogen and oxygen atoms in total. The summed E-state index contributed by atoms with van der Waals surface area (Å²) in [5, 5.41) is 4.25. The number of carbonyl (C=O) groups excluding carboxylic acids is 2. The molecule has 9 heteroatoms. The van der Waals surface area contributed by atoms with Gasteiger partial charge >= 0.3 is 0 Å². The molecule has 0 spiro atoms. The van der Waals surface area contributed by atoms with Crippen molar-refractivity contribution in [2.75, 3.05) is 27.2 Å². The van der Waals surface area contributed by atoms with Crippen LogP contribution in [-0.2, 0) is 9.59 Å². The number of H-pyrrole nitrogens is 1. The molecule has 4 rings (SSSR count). The van der Waals surface area contributed by atoms with Gasteiger partial charge in [0.1, 0.15) is 17.5 Å². The minimum Gasteiger partial charge on any atom is -1.00 e. The maximum absolute atomic E-state index is 12.9. The van der Waals surface area contributed by atoms with Crippen LogP contribution in [0.5, 0.6) is 5.88 Å². The first-order valence-electron chi connectivity index (χ1n) is 12.6. The fourth-order valence-corrected chi connectivity index (χ4v) is 4.66. The van der Waals surface area contributed by atoms with Crippen LogP contribution in [0.4, 0.5) is 0 Å². The van der Waals surface area contributed by atoms with E-state index in [1.165, 1.54) is 4.90 Å². The van der Waals surface area contributed by atoms with Crippen molar-refractivity contribution >= 4 is 22.6 Å². The van der Waals surface area contributed by atoms with Crippen LogP contribution in [0.2, 0.25) is 0 Å². The highest BCUT2D eigenvalue weighted by molar-refractivity contribution is 5.85. The Morgan fingerprint density at radius 1 is 1.22 bits per heavy atom. The molecule has 3 N–H and O–H groups in total. The lowest BCUT2D eigenvalue weighted by Gasteiger charge is -2.32. The number of rotatable bonds is 12. The second-order valence-electron chi connectivity index (χ2n) is 9.54. The molecule has 1 saturated heterocycles. The molecule has 1 aliphatic rings. The highest BCUT2D eigenvalue weighted by Gasteiger charge is 2.35. The molecular weight excluding hydrogens is 478 g/mol. The molecule has 3 heterocycles. The van der Waals surface area contributed by atoms with Gasteiger partial charge in [-0.2, -0.15) is 0 Å². The van der Waals surface area contributed by atoms with Gasteiger partial charge in [-0.05, 0) is 25.0 Å². The van der Waals surface area contributed by atoms with Gasteiger partial charge in [0.15, 0.2) is 0 Å². The zero-order chi connectivity index (χ0) is 24.8. The van der Waals surface area contributed by atoms with E-state index in [1.807, 2.05) is 37.3 Å². The minimum absolute atomic E-state index is 0. The number of quaternary nitrogens is 1. The lowest BCUT2D eigenvalue weighted by atomic mass is 9.98. The third-order valence-corrected chi connectivity index (χ3v) is 6.82. The predicted octanol–water partition coefficient (Wildman–Crippen LogP) is -0.131. The second-order valence-corrected chi connectivity index (χ2v) is 9.54. The number of methoxy groups -OCH3 is 1. The number of hydrogen-bond donors (Lipinski definition) is 3. The third-order valence-electron chi connectivity index (χ3n) is 6.82. The number of likely N-dealkylation sites (tertiary alicyclic amines) is 1. The average molecular weight is 514 g/mol. The summed E-state index contributed by atoms with van der Waals surface area (Å²) in [7, 11) is 3.71. The second kappa shape index (κ2) is 12.8. The molecule has 0 radical (unpaired) electrons. The fourth-order valence-electron chi connectivity index (χ4n) is 4.66. The molecule has 1 amide bonds. The number of imidazole rings is 1. The monoisotopic (exact) mass is 513 g/mol. The molecule has 0 bridgehead atoms. The van der Waals surface area contributed by atoms with Gasteiger partial charge < -0.3 is 32.3 Å². The number of halogens is 1. The number of nitrogens with zero attached hydrogens (tertiary/aromatic N) is 2. The number of benzene rings is 1. The summed E-state index contributed by atoms with van der Waals surface area (Å²) in [6, 6.07) is 9.75. The highest BCUT2D eigenvalue weighted by Crippen LogP contribution is 2.31. The van der Waals surface area contributed by atoms with Crippen LogP contribution >= 0.6 is 0 Å². The van der Waals surface area contributed by atoms with Gasteiger partial charge in [0.05, 0.1) is 56.3 Å². The SMILES string of the molecule is CCC(=O)CCCCC[C@H](NC(=O)C1C[NH+](C)C1)c1ncc(-c2cc3ccccc3nc2OC)[nH]1.[Cl-]. The number of ketones is 1. The van der Waals surface area contributed by atoms with E-state index >= 15 is 0 Å². The van der Waals surface area contributed by atoms with Crippen molar-refractivity contribution in [3.05, 3.63) is 42.4 Å². The minimum atomic E-state index is -0.210. The van der Waals surface area contributed by atoms with Crippen LogP contribution in [0.15, 0.2) is 36.5 Å². The molecule has 0 saturated carbocycles. The van der Waals surface area contributed by atoms with Crippen molar-refractivity contribution in [2.45, 2.75) is 51.5 Å². The Labute approximate surface area is 218 Å². The number of unbranched alkanes of at least 4 members (excludes halogenated alkanes) is 2. The number of aromatic amines is 1. The maximum atomic E-state index is 12.9. The Kier molecular flexibility index (Phi) is 9.84. The van der Waals surface area contributed by atoms with Crippen molar-refractivity contribution in [1.29, 1.82) is 0 Å². The number of aromatic nitrogens is 3. The summed E-state index contributed by atoms with van der Waals surface area (Å²) in [6.07, 6.45) is 6.52. The van der Waals surface area contributed by atoms with Crippen LogP contribution in [0.1, 0.15) is 57.3 Å². The van der Waals surface area contributed by atoms with Gasteiger partial charge in [0.2, 0.25) is 11.8 Å². The van der Waals surface area contributed by atoms with E-state index in [9.17, 15) is 9.59 Å². The molecule has 1 aliphatic heterocycles. The van der Waals surface area contributed by atoms with Gasteiger partial charge in [0, 0.05) is 18.2 Å². The van der Waals surface area contributed by atoms with E-state index in [2.05, 4.69) is 27.3 Å². The number of pyridine rings is 1. The first kappa shape index (κ1) is 27.6. The summed E-state index contributed by atoms with van der Waals surface area (Å²) < 4.78 is 5.57. The Hall–Kier alpha value is -2.97. The van der Waals surface area contributed by atoms with Gasteiger partial charge in [-0.3, -0.25) is 9.59 Å². The van der Waals surface area contributed by atoms with E-state index in [4.69, 9.17) is 4.74 Å². The van der Waals surface area contributed by atoms with E-state index in [0.29, 0.717) is 24.5 Å². The number of hydrogen-bond acceptors (Lipinski definition) is 5. The molecule has 36 heavy (non-hydrogen) atoms. The van der Waals surface area contributed by atoms with Crippen LogP contribution < -0.4 is 27.4 Å². The Balaban J connectivity index is 0.00000361. The summed E-state index contributed by atoms with van der Waals surface area (Å²) >= 11 is 0. The normalized spacial score (nSPS) is 17.6. The smallest absolute Gasteiger partial charge is 0.235 e. The zero-order valence-corrected chi connectivity index (χ0v) is 22.0. The molecule has 1 aromatic carbocycles. The fraction of sp³-hybridized carbons (Fsp3) is 0.481. The largest absolute Gasteiger partial charge is 1.00 e. The first-order valence-corrected chi connectivity index (χ1v) is 12.6. The molecular formula is C27H36ClN5O3. The van der Waals surface area contributed by atoms with Gasteiger partial charge in [0.25, 0.3) is 0 Å². The zero-order valence-electron chi connectivity index (χ0n) is 21.3. The Morgan fingerprint density at radius 3 is 2.72 bits per heavy atom. The molecule has 0 unspecified atom stereocenters. The van der Waals surface area contributed by atoms with Crippen LogP contribution in [0.3, 0.4) is 0 Å². The maximum Gasteiger partial charge on any atom is 0.235 e. The summed E-state index contributed by atoms with van der Waals surface area (Å²) in [6.45, 7) is 3.63. The van der Waals surface area contributed by atoms with Crippen LogP contribution in [0.25, 0.3) is 22.2 Å². The number of carbonyl (C=O) groups is 2. The van der Waals surface area contributed by atoms with Gasteiger partial charge in [-0.1, -0.05) is 38.0 Å². The van der Waals surface area contributed by atoms with Gasteiger partial charge in [-0.15, -0.1) is 0 Å². The number of ether oxygens (including phenoxy) is 1. The number of Topliss-reactive ketones (excluding diaryl/α,β-unsaturated/α-hetero) is 1. The van der Waals surface area contributed by atoms with Crippen molar-refractivity contribution in [1.82, 2.24) is 20.3 Å². The lowest BCUT2D eigenvalue weighted by molar-refractivity contribution is -0.927. The lowest BCUT2D eigenvalue weighted by Crippen LogP contribution is -3.18. The van der Waals surface area contributed by atoms with E-state index < -0.39 is 0 Å². The highest BCUT2D eigenvalue weighted by atomic mass is 35.5. The van der Waals surface area contributed by atoms with E-state index in [-0.39, 0.29) is 30.3 Å². The van der Waals surface area contributed by atoms with Crippen molar-refractivity contribution in [3.8, 4) is 17.1 Å². The van der Waals surface area contributed by atoms with Crippen LogP contribution in [-0.4, -0.2) is 53.9 Å². The molecule has 2 aromatic heterocycles. The van der Waals surface area contributed by atoms with E-state index in [0.717, 1.165) is 66.8 Å². The Bertz CT molecular complexity index is 1180. The number of fused-ring (bicyclic) bond motifs is 1.